The third kappa shape index (κ3) is 4.06. The van der Waals surface area contributed by atoms with Crippen molar-refractivity contribution < 1.29 is 9.53 Å². The molecule has 1 aromatic carbocycles. The van der Waals surface area contributed by atoms with Gasteiger partial charge in [-0.05, 0) is 38.1 Å². The van der Waals surface area contributed by atoms with Gasteiger partial charge in [-0.25, -0.2) is 0 Å². The fourth-order valence-corrected chi connectivity index (χ4v) is 4.24. The maximum absolute atomic E-state index is 13.3. The summed E-state index contributed by atoms with van der Waals surface area (Å²) < 4.78 is 8.00. The molecular weight excluding hydrogens is 340 g/mol. The third-order valence-electron chi connectivity index (χ3n) is 5.59. The summed E-state index contributed by atoms with van der Waals surface area (Å²) in [5.41, 5.74) is 1.77. The molecule has 0 saturated carbocycles. The van der Waals surface area contributed by atoms with Crippen LogP contribution < -0.4 is 0 Å². The van der Waals surface area contributed by atoms with Gasteiger partial charge >= 0.3 is 0 Å². The zero-order valence-corrected chi connectivity index (χ0v) is 16.0. The molecule has 0 N–H and O–H groups in total. The van der Waals surface area contributed by atoms with Gasteiger partial charge in [0.15, 0.2) is 0 Å². The van der Waals surface area contributed by atoms with Gasteiger partial charge in [0.1, 0.15) is 0 Å². The van der Waals surface area contributed by atoms with Crippen LogP contribution in [0.1, 0.15) is 41.2 Å². The molecule has 0 spiro atoms. The van der Waals surface area contributed by atoms with Crippen LogP contribution in [0.15, 0.2) is 42.7 Å². The second-order valence-corrected chi connectivity index (χ2v) is 7.53. The lowest BCUT2D eigenvalue weighted by atomic mass is 9.98. The molecule has 2 fully saturated rings. The normalized spacial score (nSPS) is 24.1. The number of piperidine rings is 1. The highest BCUT2D eigenvalue weighted by Crippen LogP contribution is 2.31. The number of benzene rings is 1. The SMILES string of the molecule is Cn1cc([C@H]2[C@H](CN3CCCCC3)OCCN2C(=O)c2ccccc2)cn1. The summed E-state index contributed by atoms with van der Waals surface area (Å²) in [6.45, 7) is 4.27. The fraction of sp³-hybridized carbons (Fsp3) is 0.524. The molecule has 2 aliphatic rings. The Kier molecular flexibility index (Phi) is 5.55. The monoisotopic (exact) mass is 368 g/mol. The maximum Gasteiger partial charge on any atom is 0.254 e. The summed E-state index contributed by atoms with van der Waals surface area (Å²) in [5.74, 6) is 0.0661. The highest BCUT2D eigenvalue weighted by molar-refractivity contribution is 5.94. The molecule has 0 bridgehead atoms. The van der Waals surface area contributed by atoms with Crippen LogP contribution in [0.2, 0.25) is 0 Å². The highest BCUT2D eigenvalue weighted by atomic mass is 16.5. The molecule has 1 amide bonds. The molecule has 2 saturated heterocycles. The highest BCUT2D eigenvalue weighted by Gasteiger charge is 2.38. The fourth-order valence-electron chi connectivity index (χ4n) is 4.24. The van der Waals surface area contributed by atoms with E-state index in [1.807, 2.05) is 54.7 Å². The second-order valence-electron chi connectivity index (χ2n) is 7.53. The van der Waals surface area contributed by atoms with E-state index in [1.165, 1.54) is 19.3 Å². The number of amides is 1. The lowest BCUT2D eigenvalue weighted by Gasteiger charge is -2.43. The van der Waals surface area contributed by atoms with Crippen LogP contribution in [0, 0.1) is 0 Å². The van der Waals surface area contributed by atoms with Crippen LogP contribution in [-0.4, -0.2) is 64.4 Å². The number of aryl methyl sites for hydroxylation is 1. The Morgan fingerprint density at radius 1 is 1.15 bits per heavy atom. The summed E-state index contributed by atoms with van der Waals surface area (Å²) in [7, 11) is 1.91. The van der Waals surface area contributed by atoms with E-state index in [9.17, 15) is 4.79 Å². The molecule has 2 atom stereocenters. The quantitative estimate of drug-likeness (QED) is 0.832. The van der Waals surface area contributed by atoms with Crippen molar-refractivity contribution in [1.82, 2.24) is 19.6 Å². The number of likely N-dealkylation sites (tertiary alicyclic amines) is 1. The molecule has 0 unspecified atom stereocenters. The predicted molar refractivity (Wildman–Crippen MR) is 103 cm³/mol. The minimum absolute atomic E-state index is 0.0336. The van der Waals surface area contributed by atoms with Crippen LogP contribution in [0.5, 0.6) is 0 Å². The molecule has 6 nitrogen and oxygen atoms in total. The number of carbonyl (C=O) groups excluding carboxylic acids is 1. The number of ether oxygens (including phenoxy) is 1. The average Bonchev–Trinajstić information content (AvgIpc) is 3.14. The Bertz CT molecular complexity index is 755. The van der Waals surface area contributed by atoms with Gasteiger partial charge in [0.25, 0.3) is 5.91 Å². The minimum atomic E-state index is -0.109. The van der Waals surface area contributed by atoms with Crippen molar-refractivity contribution in [3.63, 3.8) is 0 Å². The lowest BCUT2D eigenvalue weighted by molar-refractivity contribution is -0.0741. The van der Waals surface area contributed by atoms with Crippen molar-refractivity contribution in [2.75, 3.05) is 32.8 Å². The summed E-state index contributed by atoms with van der Waals surface area (Å²) in [5, 5.41) is 4.35. The lowest BCUT2D eigenvalue weighted by Crippen LogP contribution is -2.52. The second kappa shape index (κ2) is 8.23. The number of hydrogen-bond acceptors (Lipinski definition) is 4. The first-order valence-electron chi connectivity index (χ1n) is 9.91. The van der Waals surface area contributed by atoms with Gasteiger partial charge in [-0.1, -0.05) is 24.6 Å². The van der Waals surface area contributed by atoms with Gasteiger partial charge in [0, 0.05) is 37.5 Å². The predicted octanol–water partition coefficient (Wildman–Crippen LogP) is 2.49. The summed E-state index contributed by atoms with van der Waals surface area (Å²) in [6.07, 6.45) is 7.65. The van der Waals surface area contributed by atoms with Crippen molar-refractivity contribution in [2.45, 2.75) is 31.4 Å². The number of aromatic nitrogens is 2. The molecule has 2 aliphatic heterocycles. The molecule has 3 heterocycles. The Hall–Kier alpha value is -2.18. The number of rotatable bonds is 4. The van der Waals surface area contributed by atoms with E-state index in [0.29, 0.717) is 13.2 Å². The van der Waals surface area contributed by atoms with E-state index in [0.717, 1.165) is 30.8 Å². The van der Waals surface area contributed by atoms with Crippen LogP contribution >= 0.6 is 0 Å². The number of hydrogen-bond donors (Lipinski definition) is 0. The van der Waals surface area contributed by atoms with E-state index in [4.69, 9.17) is 4.74 Å². The third-order valence-corrected chi connectivity index (χ3v) is 5.59. The molecule has 27 heavy (non-hydrogen) atoms. The smallest absolute Gasteiger partial charge is 0.254 e. The summed E-state index contributed by atoms with van der Waals surface area (Å²) >= 11 is 0. The van der Waals surface area contributed by atoms with Crippen molar-refractivity contribution >= 4 is 5.91 Å². The summed E-state index contributed by atoms with van der Waals surface area (Å²) in [6, 6.07) is 9.43. The van der Waals surface area contributed by atoms with Crippen molar-refractivity contribution in [1.29, 1.82) is 0 Å². The topological polar surface area (TPSA) is 50.6 Å². The summed E-state index contributed by atoms with van der Waals surface area (Å²) in [4.78, 5) is 17.7. The van der Waals surface area contributed by atoms with Crippen LogP contribution in [0.25, 0.3) is 0 Å². The Labute approximate surface area is 160 Å². The van der Waals surface area contributed by atoms with Crippen LogP contribution in [0.4, 0.5) is 0 Å². The molecule has 4 rings (SSSR count). The molecule has 144 valence electrons. The van der Waals surface area contributed by atoms with Gasteiger partial charge in [0.05, 0.1) is 24.9 Å². The largest absolute Gasteiger partial charge is 0.373 e. The molecule has 6 heteroatoms. The number of nitrogens with zero attached hydrogens (tertiary/aromatic N) is 4. The maximum atomic E-state index is 13.3. The van der Waals surface area contributed by atoms with Gasteiger partial charge < -0.3 is 14.5 Å². The molecular formula is C21H28N4O2. The van der Waals surface area contributed by atoms with Crippen molar-refractivity contribution in [3.05, 3.63) is 53.9 Å². The zero-order chi connectivity index (χ0) is 18.6. The van der Waals surface area contributed by atoms with Gasteiger partial charge in [-0.15, -0.1) is 0 Å². The first-order chi connectivity index (χ1) is 13.2. The van der Waals surface area contributed by atoms with Crippen LogP contribution in [-0.2, 0) is 11.8 Å². The Balaban J connectivity index is 1.61. The number of morpholine rings is 1. The Morgan fingerprint density at radius 3 is 2.63 bits per heavy atom. The van der Waals surface area contributed by atoms with E-state index in [1.54, 1.807) is 4.68 Å². The average molecular weight is 368 g/mol. The van der Waals surface area contributed by atoms with E-state index in [-0.39, 0.29) is 18.1 Å². The van der Waals surface area contributed by atoms with E-state index >= 15 is 0 Å². The van der Waals surface area contributed by atoms with Crippen molar-refractivity contribution in [3.8, 4) is 0 Å². The number of carbonyl (C=O) groups is 1. The van der Waals surface area contributed by atoms with Crippen molar-refractivity contribution in [2.24, 2.45) is 7.05 Å². The molecule has 1 aromatic heterocycles. The minimum Gasteiger partial charge on any atom is -0.373 e. The van der Waals surface area contributed by atoms with Gasteiger partial charge in [-0.2, -0.15) is 5.10 Å². The van der Waals surface area contributed by atoms with E-state index in [2.05, 4.69) is 10.00 Å². The first-order valence-corrected chi connectivity index (χ1v) is 9.91. The van der Waals surface area contributed by atoms with Gasteiger partial charge in [0.2, 0.25) is 0 Å². The Morgan fingerprint density at radius 2 is 1.93 bits per heavy atom. The van der Waals surface area contributed by atoms with E-state index < -0.39 is 0 Å². The molecule has 0 radical (unpaired) electrons. The molecule has 2 aromatic rings. The standard InChI is InChI=1S/C21H28N4O2/c1-23-15-18(14-22-23)20-19(16-24-10-6-3-7-11-24)27-13-12-25(20)21(26)17-8-4-2-5-9-17/h2,4-5,8-9,14-15,19-20H,3,6-7,10-13,16H2,1H3/t19-,20-/m0/s1. The zero-order valence-electron chi connectivity index (χ0n) is 16.0. The van der Waals surface area contributed by atoms with Gasteiger partial charge in [-0.3, -0.25) is 9.48 Å². The first kappa shape index (κ1) is 18.2. The van der Waals surface area contributed by atoms with Crippen LogP contribution in [0.3, 0.4) is 0 Å². The molecule has 0 aliphatic carbocycles.